The summed E-state index contributed by atoms with van der Waals surface area (Å²) in [6.07, 6.45) is 3.93. The van der Waals surface area contributed by atoms with Crippen molar-refractivity contribution in [1.82, 2.24) is 9.55 Å². The van der Waals surface area contributed by atoms with Crippen molar-refractivity contribution in [3.63, 3.8) is 0 Å². The highest BCUT2D eigenvalue weighted by Gasteiger charge is 2.16. The highest BCUT2D eigenvalue weighted by atomic mass is 79.9. The Morgan fingerprint density at radius 3 is 2.65 bits per heavy atom. The molecule has 0 amide bonds. The van der Waals surface area contributed by atoms with Crippen molar-refractivity contribution < 1.29 is 9.47 Å². The van der Waals surface area contributed by atoms with E-state index in [9.17, 15) is 0 Å². The minimum absolute atomic E-state index is 0.505. The van der Waals surface area contributed by atoms with Crippen LogP contribution in [0.25, 0.3) is 22.2 Å². The molecule has 1 aromatic carbocycles. The summed E-state index contributed by atoms with van der Waals surface area (Å²) in [5.74, 6) is 0.853. The zero-order chi connectivity index (χ0) is 18.7. The fraction of sp³-hybridized carbons (Fsp3) is 0.350. The lowest BCUT2D eigenvalue weighted by Gasteiger charge is -2.15. The summed E-state index contributed by atoms with van der Waals surface area (Å²) < 4.78 is 14.5. The molecule has 0 bridgehead atoms. The lowest BCUT2D eigenvalue weighted by molar-refractivity contribution is 0.0899. The van der Waals surface area contributed by atoms with E-state index < -0.39 is 8.07 Å². The van der Waals surface area contributed by atoms with Crippen LogP contribution in [-0.2, 0) is 11.5 Å². The molecule has 0 spiro atoms. The van der Waals surface area contributed by atoms with Gasteiger partial charge in [0.2, 0.25) is 0 Å². The van der Waals surface area contributed by atoms with E-state index >= 15 is 0 Å². The quantitative estimate of drug-likeness (QED) is 0.350. The summed E-state index contributed by atoms with van der Waals surface area (Å²) in [7, 11) is 0.611. The number of rotatable bonds is 7. The molecule has 138 valence electrons. The third-order valence-corrected chi connectivity index (χ3v) is 6.44. The summed E-state index contributed by atoms with van der Waals surface area (Å²) in [6.45, 7) is 8.38. The van der Waals surface area contributed by atoms with Gasteiger partial charge in [-0.15, -0.1) is 0 Å². The van der Waals surface area contributed by atoms with Gasteiger partial charge in [0, 0.05) is 48.1 Å². The SMILES string of the molecule is COc1ccccc1-c1cn(COCC[Si](C)(C)C)c2ncc(Br)cc12. The molecule has 26 heavy (non-hydrogen) atoms. The van der Waals surface area contributed by atoms with Crippen LogP contribution >= 0.6 is 15.9 Å². The van der Waals surface area contributed by atoms with Gasteiger partial charge in [-0.05, 0) is 34.1 Å². The van der Waals surface area contributed by atoms with Crippen LogP contribution in [0, 0.1) is 0 Å². The van der Waals surface area contributed by atoms with Crippen molar-refractivity contribution in [1.29, 1.82) is 0 Å². The molecule has 0 aliphatic carbocycles. The Labute approximate surface area is 164 Å². The van der Waals surface area contributed by atoms with Gasteiger partial charge in [-0.3, -0.25) is 0 Å². The number of methoxy groups -OCH3 is 1. The molecule has 0 fully saturated rings. The van der Waals surface area contributed by atoms with E-state index in [-0.39, 0.29) is 0 Å². The van der Waals surface area contributed by atoms with Crippen molar-refractivity contribution in [2.75, 3.05) is 13.7 Å². The van der Waals surface area contributed by atoms with E-state index in [1.165, 1.54) is 0 Å². The molecule has 3 rings (SSSR count). The predicted octanol–water partition coefficient (Wildman–Crippen LogP) is 5.79. The van der Waals surface area contributed by atoms with Gasteiger partial charge < -0.3 is 14.0 Å². The maximum Gasteiger partial charge on any atom is 0.142 e. The van der Waals surface area contributed by atoms with E-state index in [1.807, 2.05) is 24.4 Å². The average Bonchev–Trinajstić information content (AvgIpc) is 2.95. The standard InChI is InChI=1S/C20H25BrN2O2Si/c1-24-19-8-6-5-7-16(19)18-13-23(14-25-9-10-26(2,3)4)20-17(18)11-15(21)12-22-20/h5-8,11-13H,9-10,14H2,1-4H3. The highest BCUT2D eigenvalue weighted by Crippen LogP contribution is 2.36. The number of nitrogens with zero attached hydrogens (tertiary/aromatic N) is 2. The van der Waals surface area contributed by atoms with Crippen LogP contribution < -0.4 is 4.74 Å². The van der Waals surface area contributed by atoms with Gasteiger partial charge in [0.1, 0.15) is 18.1 Å². The topological polar surface area (TPSA) is 36.3 Å². The molecule has 0 unspecified atom stereocenters. The Hall–Kier alpha value is -1.63. The van der Waals surface area contributed by atoms with Crippen molar-refractivity contribution in [2.45, 2.75) is 32.4 Å². The molecule has 0 radical (unpaired) electrons. The number of halogens is 1. The summed E-state index contributed by atoms with van der Waals surface area (Å²) in [4.78, 5) is 4.61. The van der Waals surface area contributed by atoms with E-state index in [0.29, 0.717) is 6.73 Å². The smallest absolute Gasteiger partial charge is 0.142 e. The van der Waals surface area contributed by atoms with Gasteiger partial charge in [-0.2, -0.15) is 0 Å². The predicted molar refractivity (Wildman–Crippen MR) is 114 cm³/mol. The molecule has 0 saturated carbocycles. The number of pyridine rings is 1. The Morgan fingerprint density at radius 2 is 1.92 bits per heavy atom. The number of benzene rings is 1. The summed E-state index contributed by atoms with van der Waals surface area (Å²) in [6, 6.07) is 11.3. The van der Waals surface area contributed by atoms with E-state index in [0.717, 1.165) is 45.0 Å². The second-order valence-electron chi connectivity index (χ2n) is 7.59. The average molecular weight is 433 g/mol. The Bertz CT molecular complexity index is 902. The molecule has 2 aromatic heterocycles. The maximum absolute atomic E-state index is 5.95. The number of hydrogen-bond donors (Lipinski definition) is 0. The number of aromatic nitrogens is 2. The third-order valence-electron chi connectivity index (χ3n) is 4.30. The molecule has 6 heteroatoms. The molecule has 2 heterocycles. The summed E-state index contributed by atoms with van der Waals surface area (Å²) in [5.41, 5.74) is 3.07. The molecule has 0 N–H and O–H groups in total. The maximum atomic E-state index is 5.95. The minimum Gasteiger partial charge on any atom is -0.496 e. The second kappa shape index (κ2) is 7.94. The molecule has 0 atom stereocenters. The van der Waals surface area contributed by atoms with Gasteiger partial charge in [0.25, 0.3) is 0 Å². The van der Waals surface area contributed by atoms with Gasteiger partial charge in [0.05, 0.1) is 7.11 Å². The van der Waals surface area contributed by atoms with Gasteiger partial charge >= 0.3 is 0 Å². The first-order chi connectivity index (χ1) is 12.4. The number of para-hydroxylation sites is 1. The Morgan fingerprint density at radius 1 is 1.15 bits per heavy atom. The Balaban J connectivity index is 1.96. The molecule has 0 saturated heterocycles. The fourth-order valence-electron chi connectivity index (χ4n) is 2.87. The van der Waals surface area contributed by atoms with Gasteiger partial charge in [-0.1, -0.05) is 37.8 Å². The Kier molecular flexibility index (Phi) is 5.85. The van der Waals surface area contributed by atoms with E-state index in [2.05, 4.69) is 63.5 Å². The van der Waals surface area contributed by atoms with Crippen LogP contribution in [0.2, 0.25) is 25.7 Å². The van der Waals surface area contributed by atoms with E-state index in [4.69, 9.17) is 9.47 Å². The van der Waals surface area contributed by atoms with Crippen LogP contribution in [0.4, 0.5) is 0 Å². The van der Waals surface area contributed by atoms with Crippen LogP contribution in [0.3, 0.4) is 0 Å². The summed E-state index contributed by atoms with van der Waals surface area (Å²) in [5, 5.41) is 1.08. The van der Waals surface area contributed by atoms with Crippen LogP contribution in [0.1, 0.15) is 0 Å². The van der Waals surface area contributed by atoms with Crippen LogP contribution in [-0.4, -0.2) is 31.3 Å². The normalized spacial score (nSPS) is 11.9. The lowest BCUT2D eigenvalue weighted by Crippen LogP contribution is -2.22. The molecule has 3 aromatic rings. The fourth-order valence-corrected chi connectivity index (χ4v) is 3.96. The zero-order valence-corrected chi connectivity index (χ0v) is 18.3. The van der Waals surface area contributed by atoms with Crippen molar-refractivity contribution in [2.24, 2.45) is 0 Å². The zero-order valence-electron chi connectivity index (χ0n) is 15.8. The van der Waals surface area contributed by atoms with Crippen molar-refractivity contribution in [3.05, 3.63) is 47.2 Å². The molecular formula is C20H25BrN2O2Si. The number of fused-ring (bicyclic) bond motifs is 1. The summed E-state index contributed by atoms with van der Waals surface area (Å²) >= 11 is 3.54. The highest BCUT2D eigenvalue weighted by molar-refractivity contribution is 9.10. The molecule has 0 aliphatic rings. The number of ether oxygens (including phenoxy) is 2. The van der Waals surface area contributed by atoms with Crippen molar-refractivity contribution in [3.8, 4) is 16.9 Å². The van der Waals surface area contributed by atoms with Crippen LogP contribution in [0.15, 0.2) is 47.2 Å². The third kappa shape index (κ3) is 4.37. The first-order valence-corrected chi connectivity index (χ1v) is 13.2. The first-order valence-electron chi connectivity index (χ1n) is 8.74. The first kappa shape index (κ1) is 19.1. The lowest BCUT2D eigenvalue weighted by atomic mass is 10.1. The monoisotopic (exact) mass is 432 g/mol. The molecular weight excluding hydrogens is 408 g/mol. The largest absolute Gasteiger partial charge is 0.496 e. The van der Waals surface area contributed by atoms with Gasteiger partial charge in [-0.25, -0.2) is 4.98 Å². The van der Waals surface area contributed by atoms with Gasteiger partial charge in [0.15, 0.2) is 0 Å². The molecule has 0 aliphatic heterocycles. The number of hydrogen-bond acceptors (Lipinski definition) is 3. The van der Waals surface area contributed by atoms with E-state index in [1.54, 1.807) is 7.11 Å². The van der Waals surface area contributed by atoms with Crippen LogP contribution in [0.5, 0.6) is 5.75 Å². The second-order valence-corrected chi connectivity index (χ2v) is 14.1. The minimum atomic E-state index is -1.09. The molecule has 4 nitrogen and oxygen atoms in total. The van der Waals surface area contributed by atoms with Crippen molar-refractivity contribution >= 4 is 35.0 Å².